The smallest absolute Gasteiger partial charge is 0.0559 e. The lowest BCUT2D eigenvalue weighted by atomic mass is 9.84. The highest BCUT2D eigenvalue weighted by molar-refractivity contribution is 5.39. The van der Waals surface area contributed by atoms with Crippen molar-refractivity contribution in [1.29, 1.82) is 0 Å². The van der Waals surface area contributed by atoms with Crippen molar-refractivity contribution in [2.24, 2.45) is 5.92 Å². The first-order valence-corrected chi connectivity index (χ1v) is 7.62. The van der Waals surface area contributed by atoms with Gasteiger partial charge in [0.25, 0.3) is 0 Å². The van der Waals surface area contributed by atoms with Crippen LogP contribution < -0.4 is 5.32 Å². The SMILES string of the molecule is COCC1(c2ccccc2CC2CCNCC2)CC1. The summed E-state index contributed by atoms with van der Waals surface area (Å²) in [5.41, 5.74) is 3.48. The lowest BCUT2D eigenvalue weighted by molar-refractivity contribution is 0.171. The zero-order chi connectivity index (χ0) is 13.1. The molecule has 1 aromatic carbocycles. The summed E-state index contributed by atoms with van der Waals surface area (Å²) in [7, 11) is 1.83. The molecule has 1 saturated heterocycles. The summed E-state index contributed by atoms with van der Waals surface area (Å²) in [6.07, 6.45) is 6.49. The first kappa shape index (κ1) is 13.1. The average Bonchev–Trinajstić information content (AvgIpc) is 3.22. The maximum Gasteiger partial charge on any atom is 0.0559 e. The molecule has 0 amide bonds. The summed E-state index contributed by atoms with van der Waals surface area (Å²) in [6, 6.07) is 9.06. The molecule has 2 heteroatoms. The number of piperidine rings is 1. The number of hydrogen-bond donors (Lipinski definition) is 1. The minimum atomic E-state index is 0.345. The molecule has 2 fully saturated rings. The Morgan fingerprint density at radius 1 is 1.21 bits per heavy atom. The van der Waals surface area contributed by atoms with E-state index in [1.54, 1.807) is 11.1 Å². The highest BCUT2D eigenvalue weighted by Crippen LogP contribution is 2.49. The van der Waals surface area contributed by atoms with Crippen LogP contribution in [0.25, 0.3) is 0 Å². The fourth-order valence-electron chi connectivity index (χ4n) is 3.53. The molecule has 0 bridgehead atoms. The van der Waals surface area contributed by atoms with Crippen molar-refractivity contribution in [3.8, 4) is 0 Å². The van der Waals surface area contributed by atoms with E-state index in [2.05, 4.69) is 29.6 Å². The van der Waals surface area contributed by atoms with E-state index in [1.807, 2.05) is 7.11 Å². The second kappa shape index (κ2) is 5.64. The third-order valence-electron chi connectivity index (χ3n) is 4.83. The molecule has 1 aromatic rings. The van der Waals surface area contributed by atoms with Gasteiger partial charge in [-0.3, -0.25) is 0 Å². The van der Waals surface area contributed by atoms with Gasteiger partial charge in [-0.05, 0) is 62.2 Å². The Morgan fingerprint density at radius 3 is 2.63 bits per heavy atom. The second-order valence-corrected chi connectivity index (χ2v) is 6.27. The molecule has 104 valence electrons. The molecule has 0 aromatic heterocycles. The number of nitrogens with one attached hydrogen (secondary N) is 1. The Labute approximate surface area is 116 Å². The molecule has 1 aliphatic heterocycles. The predicted octanol–water partition coefficient (Wildman–Crippen LogP) is 2.91. The Balaban J connectivity index is 1.77. The molecule has 0 radical (unpaired) electrons. The highest BCUT2D eigenvalue weighted by Gasteiger charge is 2.45. The average molecular weight is 259 g/mol. The quantitative estimate of drug-likeness (QED) is 0.878. The van der Waals surface area contributed by atoms with Crippen LogP contribution in [0.3, 0.4) is 0 Å². The predicted molar refractivity (Wildman–Crippen MR) is 78.5 cm³/mol. The molecule has 2 nitrogen and oxygen atoms in total. The van der Waals surface area contributed by atoms with Crippen LogP contribution in [0.15, 0.2) is 24.3 Å². The number of hydrogen-bond acceptors (Lipinski definition) is 2. The van der Waals surface area contributed by atoms with Crippen LogP contribution in [0.2, 0.25) is 0 Å². The molecule has 1 aliphatic carbocycles. The molecule has 0 atom stereocenters. The van der Waals surface area contributed by atoms with Crippen LogP contribution in [-0.4, -0.2) is 26.8 Å². The van der Waals surface area contributed by atoms with E-state index >= 15 is 0 Å². The van der Waals surface area contributed by atoms with Crippen molar-refractivity contribution in [3.05, 3.63) is 35.4 Å². The van der Waals surface area contributed by atoms with Crippen LogP contribution in [0.5, 0.6) is 0 Å². The molecule has 2 aliphatic rings. The summed E-state index contributed by atoms with van der Waals surface area (Å²) in [4.78, 5) is 0. The van der Waals surface area contributed by atoms with Crippen molar-refractivity contribution >= 4 is 0 Å². The summed E-state index contributed by atoms with van der Waals surface area (Å²) < 4.78 is 5.46. The second-order valence-electron chi connectivity index (χ2n) is 6.27. The minimum absolute atomic E-state index is 0.345. The molecular formula is C17H25NO. The maximum absolute atomic E-state index is 5.46. The first-order chi connectivity index (χ1) is 9.34. The van der Waals surface area contributed by atoms with Gasteiger partial charge >= 0.3 is 0 Å². The van der Waals surface area contributed by atoms with E-state index in [9.17, 15) is 0 Å². The number of methoxy groups -OCH3 is 1. The maximum atomic E-state index is 5.46. The lowest BCUT2D eigenvalue weighted by Crippen LogP contribution is -2.29. The van der Waals surface area contributed by atoms with Gasteiger partial charge in [0.15, 0.2) is 0 Å². The normalized spacial score (nSPS) is 22.4. The summed E-state index contributed by atoms with van der Waals surface area (Å²) in [5, 5.41) is 3.46. The largest absolute Gasteiger partial charge is 0.384 e. The standard InChI is InChI=1S/C17H25NO/c1-19-13-17(8-9-17)16-5-3-2-4-15(16)12-14-6-10-18-11-7-14/h2-5,14,18H,6-13H2,1H3. The summed E-state index contributed by atoms with van der Waals surface area (Å²) >= 11 is 0. The molecule has 1 N–H and O–H groups in total. The zero-order valence-corrected chi connectivity index (χ0v) is 12.0. The van der Waals surface area contributed by atoms with Gasteiger partial charge in [0.1, 0.15) is 0 Å². The van der Waals surface area contributed by atoms with Crippen molar-refractivity contribution in [1.82, 2.24) is 5.32 Å². The van der Waals surface area contributed by atoms with Crippen molar-refractivity contribution in [3.63, 3.8) is 0 Å². The Morgan fingerprint density at radius 2 is 1.95 bits per heavy atom. The fourth-order valence-corrected chi connectivity index (χ4v) is 3.53. The number of benzene rings is 1. The van der Waals surface area contributed by atoms with Crippen LogP contribution in [0.1, 0.15) is 36.8 Å². The van der Waals surface area contributed by atoms with Crippen molar-refractivity contribution < 1.29 is 4.74 Å². The van der Waals surface area contributed by atoms with Crippen LogP contribution in [0.4, 0.5) is 0 Å². The van der Waals surface area contributed by atoms with Gasteiger partial charge in [0.2, 0.25) is 0 Å². The van der Waals surface area contributed by atoms with E-state index < -0.39 is 0 Å². The fraction of sp³-hybridized carbons (Fsp3) is 0.647. The Bertz CT molecular complexity index is 419. The van der Waals surface area contributed by atoms with Crippen LogP contribution >= 0.6 is 0 Å². The number of rotatable bonds is 5. The van der Waals surface area contributed by atoms with E-state index in [-0.39, 0.29) is 0 Å². The molecule has 0 spiro atoms. The van der Waals surface area contributed by atoms with Crippen LogP contribution in [0, 0.1) is 5.92 Å². The van der Waals surface area contributed by atoms with Gasteiger partial charge in [-0.2, -0.15) is 0 Å². The first-order valence-electron chi connectivity index (χ1n) is 7.62. The lowest BCUT2D eigenvalue weighted by Gasteiger charge is -2.25. The zero-order valence-electron chi connectivity index (χ0n) is 12.0. The highest BCUT2D eigenvalue weighted by atomic mass is 16.5. The third kappa shape index (κ3) is 2.85. The van der Waals surface area contributed by atoms with E-state index in [4.69, 9.17) is 4.74 Å². The number of ether oxygens (including phenoxy) is 1. The monoisotopic (exact) mass is 259 g/mol. The van der Waals surface area contributed by atoms with E-state index in [0.717, 1.165) is 12.5 Å². The minimum Gasteiger partial charge on any atom is -0.384 e. The molecule has 19 heavy (non-hydrogen) atoms. The molecule has 0 unspecified atom stereocenters. The molecule has 1 heterocycles. The van der Waals surface area contributed by atoms with E-state index in [1.165, 1.54) is 45.2 Å². The van der Waals surface area contributed by atoms with Gasteiger partial charge in [0, 0.05) is 12.5 Å². The van der Waals surface area contributed by atoms with Gasteiger partial charge in [-0.1, -0.05) is 24.3 Å². The van der Waals surface area contributed by atoms with Gasteiger partial charge < -0.3 is 10.1 Å². The van der Waals surface area contributed by atoms with Crippen LogP contribution in [-0.2, 0) is 16.6 Å². The van der Waals surface area contributed by atoms with Crippen molar-refractivity contribution in [2.45, 2.75) is 37.5 Å². The molecular weight excluding hydrogens is 234 g/mol. The van der Waals surface area contributed by atoms with Crippen molar-refractivity contribution in [2.75, 3.05) is 26.8 Å². The Kier molecular flexibility index (Phi) is 3.90. The molecule has 1 saturated carbocycles. The topological polar surface area (TPSA) is 21.3 Å². The van der Waals surface area contributed by atoms with Gasteiger partial charge in [-0.15, -0.1) is 0 Å². The van der Waals surface area contributed by atoms with Gasteiger partial charge in [-0.25, -0.2) is 0 Å². The molecule has 3 rings (SSSR count). The third-order valence-corrected chi connectivity index (χ3v) is 4.83. The van der Waals surface area contributed by atoms with Gasteiger partial charge in [0.05, 0.1) is 6.61 Å². The Hall–Kier alpha value is -0.860. The summed E-state index contributed by atoms with van der Waals surface area (Å²) in [5.74, 6) is 0.862. The summed E-state index contributed by atoms with van der Waals surface area (Å²) in [6.45, 7) is 3.27. The van der Waals surface area contributed by atoms with E-state index in [0.29, 0.717) is 5.41 Å².